The van der Waals surface area contributed by atoms with E-state index in [-0.39, 0.29) is 24.2 Å². The highest BCUT2D eigenvalue weighted by molar-refractivity contribution is 5.88. The van der Waals surface area contributed by atoms with Crippen molar-refractivity contribution in [3.05, 3.63) is 35.9 Å². The van der Waals surface area contributed by atoms with Gasteiger partial charge in [-0.25, -0.2) is 0 Å². The highest BCUT2D eigenvalue weighted by Crippen LogP contribution is 2.02. The molecule has 1 atom stereocenters. The summed E-state index contributed by atoms with van der Waals surface area (Å²) in [6.07, 6.45) is 1.80. The Balaban J connectivity index is 0.00000338. The third kappa shape index (κ3) is 8.17. The number of nitrogens with one attached hydrogen (secondary N) is 3. The standard InChI is InChI=1S/C19H30N4O2.ClH/c1-2-6-17(22-18(24)15-16-7-4-3-5-8-16)19(25)21-11-14-23-12-9-20-10-13-23;/h3-5,7-8,17,20H,2,6,9-15H2,1H3,(H,21,25)(H,22,24);1H. The Morgan fingerprint density at radius 1 is 1.19 bits per heavy atom. The number of rotatable bonds is 9. The summed E-state index contributed by atoms with van der Waals surface area (Å²) < 4.78 is 0. The molecule has 7 heteroatoms. The summed E-state index contributed by atoms with van der Waals surface area (Å²) in [5.74, 6) is -0.194. The minimum Gasteiger partial charge on any atom is -0.353 e. The van der Waals surface area contributed by atoms with Crippen molar-refractivity contribution in [2.45, 2.75) is 32.2 Å². The summed E-state index contributed by atoms with van der Waals surface area (Å²) in [5.41, 5.74) is 0.953. The van der Waals surface area contributed by atoms with E-state index in [4.69, 9.17) is 0 Å². The maximum Gasteiger partial charge on any atom is 0.242 e. The summed E-state index contributed by atoms with van der Waals surface area (Å²) in [5, 5.41) is 9.16. The summed E-state index contributed by atoms with van der Waals surface area (Å²) in [7, 11) is 0. The van der Waals surface area contributed by atoms with Gasteiger partial charge in [0.25, 0.3) is 0 Å². The smallest absolute Gasteiger partial charge is 0.242 e. The van der Waals surface area contributed by atoms with Gasteiger partial charge < -0.3 is 16.0 Å². The summed E-state index contributed by atoms with van der Waals surface area (Å²) in [4.78, 5) is 27.0. The van der Waals surface area contributed by atoms with Crippen LogP contribution in [-0.2, 0) is 16.0 Å². The van der Waals surface area contributed by atoms with Crippen molar-refractivity contribution in [1.29, 1.82) is 0 Å². The molecule has 3 N–H and O–H groups in total. The molecule has 1 saturated heterocycles. The zero-order chi connectivity index (χ0) is 17.9. The number of carbonyl (C=O) groups excluding carboxylic acids is 2. The van der Waals surface area contributed by atoms with Gasteiger partial charge in [0, 0.05) is 39.3 Å². The van der Waals surface area contributed by atoms with Crippen LogP contribution in [0.2, 0.25) is 0 Å². The van der Waals surface area contributed by atoms with Crippen molar-refractivity contribution in [2.75, 3.05) is 39.3 Å². The first-order valence-corrected chi connectivity index (χ1v) is 9.23. The van der Waals surface area contributed by atoms with E-state index in [0.717, 1.165) is 44.7 Å². The average molecular weight is 383 g/mol. The molecule has 6 nitrogen and oxygen atoms in total. The number of hydrogen-bond donors (Lipinski definition) is 3. The predicted molar refractivity (Wildman–Crippen MR) is 107 cm³/mol. The monoisotopic (exact) mass is 382 g/mol. The minimum absolute atomic E-state index is 0. The van der Waals surface area contributed by atoms with Crippen LogP contribution in [0.4, 0.5) is 0 Å². The molecule has 1 heterocycles. The Bertz CT molecular complexity index is 536. The highest BCUT2D eigenvalue weighted by Gasteiger charge is 2.20. The second kappa shape index (κ2) is 12.7. The molecule has 1 aromatic rings. The van der Waals surface area contributed by atoms with Gasteiger partial charge in [-0.1, -0.05) is 43.7 Å². The van der Waals surface area contributed by atoms with Gasteiger partial charge in [-0.3, -0.25) is 14.5 Å². The molecule has 0 spiro atoms. The van der Waals surface area contributed by atoms with Gasteiger partial charge in [-0.05, 0) is 12.0 Å². The third-order valence-electron chi connectivity index (χ3n) is 4.37. The summed E-state index contributed by atoms with van der Waals surface area (Å²) >= 11 is 0. The maximum atomic E-state index is 12.4. The zero-order valence-electron chi connectivity index (χ0n) is 15.5. The van der Waals surface area contributed by atoms with E-state index in [0.29, 0.717) is 19.4 Å². The zero-order valence-corrected chi connectivity index (χ0v) is 16.3. The Hall–Kier alpha value is -1.63. The molecular formula is C19H31ClN4O2. The Kier molecular flexibility index (Phi) is 10.9. The van der Waals surface area contributed by atoms with Crippen molar-refractivity contribution in [2.24, 2.45) is 0 Å². The number of piperazine rings is 1. The van der Waals surface area contributed by atoms with Gasteiger partial charge in [-0.2, -0.15) is 0 Å². The van der Waals surface area contributed by atoms with Crippen LogP contribution in [0.3, 0.4) is 0 Å². The summed E-state index contributed by atoms with van der Waals surface area (Å²) in [6.45, 7) is 7.52. The molecule has 1 unspecified atom stereocenters. The van der Waals surface area contributed by atoms with Crippen LogP contribution < -0.4 is 16.0 Å². The quantitative estimate of drug-likeness (QED) is 0.594. The normalized spacial score (nSPS) is 15.6. The largest absolute Gasteiger partial charge is 0.353 e. The number of nitrogens with zero attached hydrogens (tertiary/aromatic N) is 1. The second-order valence-corrected chi connectivity index (χ2v) is 6.45. The van der Waals surface area contributed by atoms with E-state index in [1.807, 2.05) is 37.3 Å². The molecule has 2 amide bonds. The fourth-order valence-corrected chi connectivity index (χ4v) is 2.98. The van der Waals surface area contributed by atoms with Crippen LogP contribution in [0.5, 0.6) is 0 Å². The molecule has 2 rings (SSSR count). The Labute approximate surface area is 162 Å². The van der Waals surface area contributed by atoms with E-state index >= 15 is 0 Å². The average Bonchev–Trinajstić information content (AvgIpc) is 2.63. The van der Waals surface area contributed by atoms with Crippen molar-refractivity contribution in [3.63, 3.8) is 0 Å². The molecule has 0 radical (unpaired) electrons. The number of hydrogen-bond acceptors (Lipinski definition) is 4. The molecule has 26 heavy (non-hydrogen) atoms. The van der Waals surface area contributed by atoms with Crippen molar-refractivity contribution in [3.8, 4) is 0 Å². The molecule has 1 aliphatic heterocycles. The first-order chi connectivity index (χ1) is 12.2. The Morgan fingerprint density at radius 2 is 1.88 bits per heavy atom. The van der Waals surface area contributed by atoms with Gasteiger partial charge in [0.15, 0.2) is 0 Å². The lowest BCUT2D eigenvalue weighted by Gasteiger charge is -2.27. The molecule has 0 bridgehead atoms. The minimum atomic E-state index is -0.454. The molecule has 0 aliphatic carbocycles. The SMILES string of the molecule is CCCC(NC(=O)Cc1ccccc1)C(=O)NCCN1CCNCC1.Cl. The van der Waals surface area contributed by atoms with Gasteiger partial charge in [0.2, 0.25) is 11.8 Å². The predicted octanol–water partition coefficient (Wildman–Crippen LogP) is 0.957. The van der Waals surface area contributed by atoms with Gasteiger partial charge in [-0.15, -0.1) is 12.4 Å². The van der Waals surface area contributed by atoms with E-state index in [1.54, 1.807) is 0 Å². The van der Waals surface area contributed by atoms with Crippen LogP contribution >= 0.6 is 12.4 Å². The number of carbonyl (C=O) groups is 2. The first kappa shape index (κ1) is 22.4. The molecule has 1 fully saturated rings. The lowest BCUT2D eigenvalue weighted by molar-refractivity contribution is -0.128. The van der Waals surface area contributed by atoms with Crippen LogP contribution in [0.1, 0.15) is 25.3 Å². The molecule has 146 valence electrons. The lowest BCUT2D eigenvalue weighted by Crippen LogP contribution is -2.50. The first-order valence-electron chi connectivity index (χ1n) is 9.23. The lowest BCUT2D eigenvalue weighted by atomic mass is 10.1. The van der Waals surface area contributed by atoms with Gasteiger partial charge in [0.05, 0.1) is 6.42 Å². The van der Waals surface area contributed by atoms with E-state index in [2.05, 4.69) is 20.9 Å². The Morgan fingerprint density at radius 3 is 2.54 bits per heavy atom. The summed E-state index contributed by atoms with van der Waals surface area (Å²) in [6, 6.07) is 9.13. The number of amides is 2. The van der Waals surface area contributed by atoms with Crippen LogP contribution in [0, 0.1) is 0 Å². The van der Waals surface area contributed by atoms with Crippen molar-refractivity contribution >= 4 is 24.2 Å². The number of halogens is 1. The highest BCUT2D eigenvalue weighted by atomic mass is 35.5. The third-order valence-corrected chi connectivity index (χ3v) is 4.37. The maximum absolute atomic E-state index is 12.4. The van der Waals surface area contributed by atoms with E-state index < -0.39 is 6.04 Å². The molecule has 0 saturated carbocycles. The van der Waals surface area contributed by atoms with Crippen LogP contribution in [0.15, 0.2) is 30.3 Å². The van der Waals surface area contributed by atoms with Crippen LogP contribution in [-0.4, -0.2) is 62.0 Å². The van der Waals surface area contributed by atoms with E-state index in [9.17, 15) is 9.59 Å². The van der Waals surface area contributed by atoms with Crippen LogP contribution in [0.25, 0.3) is 0 Å². The fourth-order valence-electron chi connectivity index (χ4n) is 2.98. The molecular weight excluding hydrogens is 352 g/mol. The second-order valence-electron chi connectivity index (χ2n) is 6.45. The van der Waals surface area contributed by atoms with Crippen molar-refractivity contribution in [1.82, 2.24) is 20.9 Å². The van der Waals surface area contributed by atoms with Gasteiger partial charge >= 0.3 is 0 Å². The topological polar surface area (TPSA) is 73.5 Å². The van der Waals surface area contributed by atoms with E-state index in [1.165, 1.54) is 0 Å². The number of benzene rings is 1. The molecule has 1 aromatic carbocycles. The molecule has 1 aliphatic rings. The molecule has 0 aromatic heterocycles. The van der Waals surface area contributed by atoms with Gasteiger partial charge in [0.1, 0.15) is 6.04 Å². The van der Waals surface area contributed by atoms with Crippen molar-refractivity contribution < 1.29 is 9.59 Å². The fraction of sp³-hybridized carbons (Fsp3) is 0.579.